The zero-order valence-electron chi connectivity index (χ0n) is 23.0. The Kier molecular flexibility index (Phi) is 26.8. The fourth-order valence-corrected chi connectivity index (χ4v) is 4.42. The number of hydrogen-bond donors (Lipinski definition) is 2. The van der Waals surface area contributed by atoms with Gasteiger partial charge in [-0.3, -0.25) is 0 Å². The largest absolute Gasteiger partial charge is 0.338 e. The number of hydrogen-bond acceptors (Lipinski definition) is 2. The standard InChI is InChI=1S/C29H61N3O/c1-4-7-10-13-14-15-16-17-18-19-20-21-24-30-29(33)31-25-28-32(26-22-11-8-5-2)27-23-12-9-6-3/h4-28H2,1-3H3,(H2,30,31,33). The van der Waals surface area contributed by atoms with Gasteiger partial charge in [0.05, 0.1) is 0 Å². The molecule has 198 valence electrons. The molecule has 0 spiro atoms. The minimum absolute atomic E-state index is 0.00925. The quantitative estimate of drug-likeness (QED) is 0.125. The minimum atomic E-state index is 0.00925. The van der Waals surface area contributed by atoms with Crippen LogP contribution in [0.2, 0.25) is 0 Å². The summed E-state index contributed by atoms with van der Waals surface area (Å²) in [6.07, 6.45) is 26.7. The molecule has 0 aromatic carbocycles. The van der Waals surface area contributed by atoms with Crippen molar-refractivity contribution in [3.63, 3.8) is 0 Å². The molecule has 0 atom stereocenters. The molecule has 0 heterocycles. The predicted octanol–water partition coefficient (Wildman–Crippen LogP) is 8.45. The highest BCUT2D eigenvalue weighted by Gasteiger charge is 2.06. The molecular formula is C29H61N3O. The van der Waals surface area contributed by atoms with Gasteiger partial charge in [0.25, 0.3) is 0 Å². The first kappa shape index (κ1) is 32.2. The van der Waals surface area contributed by atoms with E-state index in [-0.39, 0.29) is 6.03 Å². The number of rotatable bonds is 26. The van der Waals surface area contributed by atoms with E-state index in [4.69, 9.17) is 0 Å². The second-order valence-electron chi connectivity index (χ2n) is 10.0. The number of urea groups is 1. The van der Waals surface area contributed by atoms with Crippen molar-refractivity contribution in [1.29, 1.82) is 0 Å². The second kappa shape index (κ2) is 27.5. The maximum Gasteiger partial charge on any atom is 0.314 e. The molecule has 0 unspecified atom stereocenters. The monoisotopic (exact) mass is 467 g/mol. The van der Waals surface area contributed by atoms with Crippen molar-refractivity contribution in [3.05, 3.63) is 0 Å². The van der Waals surface area contributed by atoms with Gasteiger partial charge in [-0.05, 0) is 32.4 Å². The number of nitrogens with zero attached hydrogens (tertiary/aromatic N) is 1. The lowest BCUT2D eigenvalue weighted by molar-refractivity contribution is 0.232. The van der Waals surface area contributed by atoms with Crippen molar-refractivity contribution in [2.45, 2.75) is 149 Å². The van der Waals surface area contributed by atoms with Gasteiger partial charge >= 0.3 is 6.03 Å². The molecule has 2 amide bonds. The van der Waals surface area contributed by atoms with Crippen LogP contribution < -0.4 is 10.6 Å². The van der Waals surface area contributed by atoms with Crippen LogP contribution in [0.15, 0.2) is 0 Å². The number of carbonyl (C=O) groups excluding carboxylic acids is 1. The van der Waals surface area contributed by atoms with Crippen molar-refractivity contribution in [2.75, 3.05) is 32.7 Å². The van der Waals surface area contributed by atoms with Gasteiger partial charge < -0.3 is 15.5 Å². The summed E-state index contributed by atoms with van der Waals surface area (Å²) < 4.78 is 0. The summed E-state index contributed by atoms with van der Waals surface area (Å²) in [6.45, 7) is 11.7. The Labute approximate surface area is 208 Å². The van der Waals surface area contributed by atoms with Crippen molar-refractivity contribution >= 4 is 6.03 Å². The molecule has 0 bridgehead atoms. The third-order valence-corrected chi connectivity index (χ3v) is 6.69. The SMILES string of the molecule is CCCCCCCCCCCCCCNC(=O)NCCN(CCCCCC)CCCCCC. The molecule has 0 fully saturated rings. The third kappa shape index (κ3) is 25.7. The molecule has 2 N–H and O–H groups in total. The second-order valence-corrected chi connectivity index (χ2v) is 10.0. The van der Waals surface area contributed by atoms with Crippen LogP contribution in [0.5, 0.6) is 0 Å². The Morgan fingerprint density at radius 2 is 0.818 bits per heavy atom. The fraction of sp³-hybridized carbons (Fsp3) is 0.966. The zero-order chi connectivity index (χ0) is 24.2. The van der Waals surface area contributed by atoms with Crippen LogP contribution in [-0.4, -0.2) is 43.7 Å². The maximum absolute atomic E-state index is 12.1. The molecule has 0 saturated carbocycles. The van der Waals surface area contributed by atoms with Gasteiger partial charge in [0.1, 0.15) is 0 Å². The normalized spacial score (nSPS) is 11.3. The molecule has 0 aromatic rings. The Morgan fingerprint density at radius 3 is 1.27 bits per heavy atom. The highest BCUT2D eigenvalue weighted by Crippen LogP contribution is 2.11. The van der Waals surface area contributed by atoms with E-state index in [2.05, 4.69) is 36.3 Å². The van der Waals surface area contributed by atoms with Gasteiger partial charge in [-0.1, -0.05) is 130 Å². The molecule has 0 aliphatic carbocycles. The Balaban J connectivity index is 3.61. The van der Waals surface area contributed by atoms with Crippen molar-refractivity contribution < 1.29 is 4.79 Å². The first-order valence-corrected chi connectivity index (χ1v) is 15.0. The first-order valence-electron chi connectivity index (χ1n) is 15.0. The smallest absolute Gasteiger partial charge is 0.314 e. The van der Waals surface area contributed by atoms with E-state index < -0.39 is 0 Å². The number of carbonyl (C=O) groups is 1. The van der Waals surface area contributed by atoms with Gasteiger partial charge in [0.2, 0.25) is 0 Å². The fourth-order valence-electron chi connectivity index (χ4n) is 4.42. The Bertz CT molecular complexity index is 377. The average Bonchev–Trinajstić information content (AvgIpc) is 2.82. The van der Waals surface area contributed by atoms with Crippen LogP contribution in [0.25, 0.3) is 0 Å². The van der Waals surface area contributed by atoms with Crippen LogP contribution >= 0.6 is 0 Å². The minimum Gasteiger partial charge on any atom is -0.338 e. The van der Waals surface area contributed by atoms with E-state index in [1.54, 1.807) is 0 Å². The molecule has 0 aliphatic heterocycles. The molecule has 0 rings (SSSR count). The summed E-state index contributed by atoms with van der Waals surface area (Å²) >= 11 is 0. The molecule has 4 heteroatoms. The van der Waals surface area contributed by atoms with Gasteiger partial charge in [-0.2, -0.15) is 0 Å². The van der Waals surface area contributed by atoms with Gasteiger partial charge in [0, 0.05) is 19.6 Å². The summed E-state index contributed by atoms with van der Waals surface area (Å²) in [5.74, 6) is 0. The lowest BCUT2D eigenvalue weighted by atomic mass is 10.1. The van der Waals surface area contributed by atoms with E-state index in [0.29, 0.717) is 0 Å². The number of nitrogens with one attached hydrogen (secondary N) is 2. The van der Waals surface area contributed by atoms with Crippen molar-refractivity contribution in [2.24, 2.45) is 0 Å². The van der Waals surface area contributed by atoms with E-state index in [0.717, 1.165) is 26.1 Å². The molecular weight excluding hydrogens is 406 g/mol. The summed E-state index contributed by atoms with van der Waals surface area (Å²) in [7, 11) is 0. The highest BCUT2D eigenvalue weighted by molar-refractivity contribution is 5.73. The Hall–Kier alpha value is -0.770. The van der Waals surface area contributed by atoms with Crippen LogP contribution in [-0.2, 0) is 0 Å². The van der Waals surface area contributed by atoms with E-state index >= 15 is 0 Å². The number of unbranched alkanes of at least 4 members (excludes halogenated alkanes) is 17. The zero-order valence-corrected chi connectivity index (χ0v) is 23.0. The van der Waals surface area contributed by atoms with Gasteiger partial charge in [-0.15, -0.1) is 0 Å². The van der Waals surface area contributed by atoms with E-state index in [1.807, 2.05) is 0 Å². The van der Waals surface area contributed by atoms with Crippen LogP contribution in [0.3, 0.4) is 0 Å². The molecule has 0 aliphatic rings. The molecule has 4 nitrogen and oxygen atoms in total. The molecule has 0 saturated heterocycles. The summed E-state index contributed by atoms with van der Waals surface area (Å²) in [5.41, 5.74) is 0. The lowest BCUT2D eigenvalue weighted by Crippen LogP contribution is -2.41. The van der Waals surface area contributed by atoms with Gasteiger partial charge in [-0.25, -0.2) is 4.79 Å². The van der Waals surface area contributed by atoms with Crippen molar-refractivity contribution in [3.8, 4) is 0 Å². The average molecular weight is 468 g/mol. The highest BCUT2D eigenvalue weighted by atomic mass is 16.2. The molecule has 0 radical (unpaired) electrons. The van der Waals surface area contributed by atoms with Gasteiger partial charge in [0.15, 0.2) is 0 Å². The van der Waals surface area contributed by atoms with E-state index in [9.17, 15) is 4.79 Å². The van der Waals surface area contributed by atoms with Crippen LogP contribution in [0.1, 0.15) is 149 Å². The topological polar surface area (TPSA) is 44.4 Å². The van der Waals surface area contributed by atoms with Crippen LogP contribution in [0.4, 0.5) is 4.79 Å². The molecule has 33 heavy (non-hydrogen) atoms. The summed E-state index contributed by atoms with van der Waals surface area (Å²) in [6, 6.07) is 0.00925. The van der Waals surface area contributed by atoms with Crippen molar-refractivity contribution in [1.82, 2.24) is 15.5 Å². The molecule has 0 aromatic heterocycles. The lowest BCUT2D eigenvalue weighted by Gasteiger charge is -2.22. The predicted molar refractivity (Wildman–Crippen MR) is 147 cm³/mol. The maximum atomic E-state index is 12.1. The van der Waals surface area contributed by atoms with Crippen LogP contribution in [0, 0.1) is 0 Å². The number of amides is 2. The summed E-state index contributed by atoms with van der Waals surface area (Å²) in [4.78, 5) is 14.6. The third-order valence-electron chi connectivity index (χ3n) is 6.69. The Morgan fingerprint density at radius 1 is 0.455 bits per heavy atom. The summed E-state index contributed by atoms with van der Waals surface area (Å²) in [5, 5.41) is 6.11. The van der Waals surface area contributed by atoms with E-state index in [1.165, 1.54) is 135 Å². The first-order chi connectivity index (χ1) is 16.2.